The van der Waals surface area contributed by atoms with Gasteiger partial charge in [-0.25, -0.2) is 9.78 Å². The number of hydrogen-bond acceptors (Lipinski definition) is 9. The highest BCUT2D eigenvalue weighted by molar-refractivity contribution is 7.53. The lowest BCUT2D eigenvalue weighted by atomic mass is 10.1. The second-order valence-electron chi connectivity index (χ2n) is 3.34. The molecule has 0 aromatic rings. The van der Waals surface area contributed by atoms with E-state index in [4.69, 9.17) is 11.6 Å². The summed E-state index contributed by atoms with van der Waals surface area (Å²) in [7, 11) is -0.612. The third-order valence-electron chi connectivity index (χ3n) is 2.02. The summed E-state index contributed by atoms with van der Waals surface area (Å²) < 4.78 is 30.0. The van der Waals surface area contributed by atoms with Crippen LogP contribution in [0.5, 0.6) is 0 Å². The van der Waals surface area contributed by atoms with Crippen molar-refractivity contribution in [3.8, 4) is 0 Å². The van der Waals surface area contributed by atoms with E-state index >= 15 is 0 Å². The summed E-state index contributed by atoms with van der Waals surface area (Å²) in [5, 5.41) is 0. The molecule has 0 N–H and O–H groups in total. The molecule has 0 aliphatic rings. The van der Waals surface area contributed by atoms with Gasteiger partial charge in [0.15, 0.2) is 6.07 Å². The van der Waals surface area contributed by atoms with Crippen LogP contribution >= 0.6 is 19.2 Å². The van der Waals surface area contributed by atoms with Gasteiger partial charge in [-0.15, -0.1) is 9.35 Å². The van der Waals surface area contributed by atoms with Crippen LogP contribution in [0.25, 0.3) is 0 Å². The van der Waals surface area contributed by atoms with Gasteiger partial charge in [0, 0.05) is 0 Å². The third kappa shape index (κ3) is 7.18. The summed E-state index contributed by atoms with van der Waals surface area (Å²) in [4.78, 5) is 31.4. The maximum Gasteiger partial charge on any atom is 0.385 e. The number of carbonyl (C=O) groups excluding carboxylic acids is 2. The first-order valence-electron chi connectivity index (χ1n) is 5.25. The van der Waals surface area contributed by atoms with Crippen LogP contribution in [0.1, 0.15) is 6.42 Å². The number of ether oxygens (including phenoxy) is 2. The predicted molar refractivity (Wildman–Crippen MR) is 65.6 cm³/mol. The lowest BCUT2D eigenvalue weighted by Gasteiger charge is -2.19. The molecule has 0 radical (unpaired) electrons. The lowest BCUT2D eigenvalue weighted by molar-refractivity contribution is -0.247. The molecule has 2 unspecified atom stereocenters. The minimum Gasteiger partial charge on any atom is -0.469 e. The third-order valence-corrected chi connectivity index (χ3v) is 3.70. The summed E-state index contributed by atoms with van der Waals surface area (Å²) in [6.07, 6.45) is -0.885. The number of hydrogen-bond donors (Lipinski definition) is 0. The van der Waals surface area contributed by atoms with Crippen LogP contribution in [0, 0.1) is 5.92 Å². The molecule has 0 saturated heterocycles. The Hall–Kier alpha value is -0.700. The molecule has 0 rings (SSSR count). The van der Waals surface area contributed by atoms with Gasteiger partial charge in [-0.05, 0) is 0 Å². The highest BCUT2D eigenvalue weighted by atomic mass is 35.5. The van der Waals surface area contributed by atoms with Crippen molar-refractivity contribution in [3.63, 3.8) is 0 Å². The van der Waals surface area contributed by atoms with Crippen molar-refractivity contribution in [2.24, 2.45) is 5.92 Å². The fourth-order valence-corrected chi connectivity index (χ4v) is 2.74. The maximum absolute atomic E-state index is 12.2. The lowest BCUT2D eigenvalue weighted by Crippen LogP contribution is -2.25. The number of esters is 2. The van der Waals surface area contributed by atoms with Gasteiger partial charge in [0.1, 0.15) is 0 Å². The first-order chi connectivity index (χ1) is 9.42. The summed E-state index contributed by atoms with van der Waals surface area (Å²) >= 11 is 5.21. The topological polar surface area (TPSA) is 107 Å². The zero-order chi connectivity index (χ0) is 15.6. The van der Waals surface area contributed by atoms with Gasteiger partial charge in [0.2, 0.25) is 0 Å². The maximum atomic E-state index is 12.2. The average Bonchev–Trinajstić information content (AvgIpc) is 2.43. The molecule has 20 heavy (non-hydrogen) atoms. The molecular weight excluding hydrogens is 319 g/mol. The van der Waals surface area contributed by atoms with Crippen LogP contribution in [0.3, 0.4) is 0 Å². The second-order valence-corrected chi connectivity index (χ2v) is 5.44. The Morgan fingerprint density at radius 1 is 1.15 bits per heavy atom. The monoisotopic (exact) mass is 334 g/mol. The van der Waals surface area contributed by atoms with E-state index in [0.29, 0.717) is 0 Å². The van der Waals surface area contributed by atoms with Crippen LogP contribution in [0.4, 0.5) is 0 Å². The largest absolute Gasteiger partial charge is 0.469 e. The van der Waals surface area contributed by atoms with Crippen molar-refractivity contribution in [2.45, 2.75) is 6.42 Å². The Morgan fingerprint density at radius 3 is 2.25 bits per heavy atom. The van der Waals surface area contributed by atoms with Gasteiger partial charge in [-0.3, -0.25) is 14.2 Å². The first-order valence-corrected chi connectivity index (χ1v) is 7.52. The molecule has 11 heteroatoms. The zero-order valence-electron chi connectivity index (χ0n) is 11.2. The average molecular weight is 335 g/mol. The summed E-state index contributed by atoms with van der Waals surface area (Å²) in [5.41, 5.74) is 0. The molecule has 0 aliphatic carbocycles. The van der Waals surface area contributed by atoms with Crippen molar-refractivity contribution in [1.29, 1.82) is 0 Å². The number of methoxy groups -OCH3 is 2. The minimum atomic E-state index is -3.96. The Kier molecular flexibility index (Phi) is 9.74. The summed E-state index contributed by atoms with van der Waals surface area (Å²) in [6.45, 7) is 0. The van der Waals surface area contributed by atoms with Crippen molar-refractivity contribution in [2.75, 3.05) is 33.6 Å². The number of halogens is 1. The molecule has 0 heterocycles. The second kappa shape index (κ2) is 10.1. The Labute approximate surface area is 120 Å². The van der Waals surface area contributed by atoms with E-state index in [1.54, 1.807) is 0 Å². The van der Waals surface area contributed by atoms with E-state index in [0.717, 1.165) is 21.3 Å². The number of rotatable bonds is 10. The summed E-state index contributed by atoms with van der Waals surface area (Å²) in [6, 6.07) is -0.420. The van der Waals surface area contributed by atoms with Gasteiger partial charge in [0.25, 0.3) is 0 Å². The fraction of sp³-hybridized carbons (Fsp3) is 0.778. The molecule has 0 aromatic carbocycles. The molecular formula is C9H16ClO9P. The molecule has 2 atom stereocenters. The van der Waals surface area contributed by atoms with Crippen LogP contribution in [-0.2, 0) is 42.8 Å². The zero-order valence-corrected chi connectivity index (χ0v) is 12.8. The Bertz CT molecular complexity index is 361. The minimum absolute atomic E-state index is 0.371. The number of alkyl halides is 1. The molecule has 0 aliphatic heterocycles. The van der Waals surface area contributed by atoms with Gasteiger partial charge in [-0.2, -0.15) is 0 Å². The normalized spacial score (nSPS) is 15.2. The predicted octanol–water partition coefficient (Wildman–Crippen LogP) is 1.25. The smallest absolute Gasteiger partial charge is 0.385 e. The molecule has 9 nitrogen and oxygen atoms in total. The van der Waals surface area contributed by atoms with E-state index < -0.39 is 37.7 Å². The van der Waals surface area contributed by atoms with Gasteiger partial charge < -0.3 is 9.47 Å². The molecule has 0 spiro atoms. The SMILES string of the molecule is COOP(=O)(CC(CC(=O)OC)C(=O)OC)OOCCl. The van der Waals surface area contributed by atoms with E-state index in [-0.39, 0.29) is 6.42 Å². The van der Waals surface area contributed by atoms with Crippen LogP contribution < -0.4 is 0 Å². The van der Waals surface area contributed by atoms with Gasteiger partial charge in [-0.1, -0.05) is 11.6 Å². The van der Waals surface area contributed by atoms with Crippen LogP contribution in [0.15, 0.2) is 0 Å². The Balaban J connectivity index is 4.91. The van der Waals surface area contributed by atoms with Crippen LogP contribution in [-0.4, -0.2) is 45.5 Å². The first kappa shape index (κ1) is 19.3. The molecule has 0 saturated carbocycles. The van der Waals surface area contributed by atoms with E-state index in [1.807, 2.05) is 0 Å². The molecule has 0 bridgehead atoms. The van der Waals surface area contributed by atoms with Crippen LogP contribution in [0.2, 0.25) is 0 Å². The number of carbonyl (C=O) groups is 2. The highest BCUT2D eigenvalue weighted by Gasteiger charge is 2.37. The van der Waals surface area contributed by atoms with Gasteiger partial charge >= 0.3 is 19.5 Å². The standard InChI is InChI=1S/C9H16ClO9P/c1-14-8(11)4-7(9(12)15-2)5-20(13,18-16-3)19-17-6-10/h7H,4-6H2,1-3H3. The van der Waals surface area contributed by atoms with Crippen molar-refractivity contribution >= 4 is 31.1 Å². The van der Waals surface area contributed by atoms with Crippen molar-refractivity contribution < 1.29 is 42.8 Å². The van der Waals surface area contributed by atoms with Crippen molar-refractivity contribution in [1.82, 2.24) is 0 Å². The Morgan fingerprint density at radius 2 is 1.80 bits per heavy atom. The van der Waals surface area contributed by atoms with Gasteiger partial charge in [0.05, 0.1) is 39.8 Å². The van der Waals surface area contributed by atoms with E-state index in [1.165, 1.54) is 0 Å². The molecule has 118 valence electrons. The van der Waals surface area contributed by atoms with Crippen molar-refractivity contribution in [3.05, 3.63) is 0 Å². The molecule has 0 fully saturated rings. The fourth-order valence-electron chi connectivity index (χ4n) is 1.23. The van der Waals surface area contributed by atoms with E-state index in [2.05, 4.69) is 28.6 Å². The highest BCUT2D eigenvalue weighted by Crippen LogP contribution is 2.50. The summed E-state index contributed by atoms with van der Waals surface area (Å²) in [5.74, 6) is -2.60. The quantitative estimate of drug-likeness (QED) is 0.192. The van der Waals surface area contributed by atoms with E-state index in [9.17, 15) is 14.2 Å². The molecule has 0 aromatic heterocycles. The molecule has 0 amide bonds.